The average Bonchev–Trinajstić information content (AvgIpc) is 2.92. The summed E-state index contributed by atoms with van der Waals surface area (Å²) in [5.74, 6) is 0.206. The maximum atomic E-state index is 12.4. The minimum absolute atomic E-state index is 0.108. The Balaban J connectivity index is 1.32. The van der Waals surface area contributed by atoms with Crippen molar-refractivity contribution in [2.24, 2.45) is 0 Å². The summed E-state index contributed by atoms with van der Waals surface area (Å²) in [4.78, 5) is 29.9. The summed E-state index contributed by atoms with van der Waals surface area (Å²) in [7, 11) is 0. The number of hydrogen-bond acceptors (Lipinski definition) is 7. The number of carbonyl (C=O) groups excluding carboxylic acids is 1. The highest BCUT2D eigenvalue weighted by Gasteiger charge is 2.25. The maximum Gasteiger partial charge on any atom is 0.292 e. The van der Waals surface area contributed by atoms with Crippen LogP contribution in [0, 0.1) is 10.1 Å². The molecule has 2 aromatic carbocycles. The van der Waals surface area contributed by atoms with Crippen LogP contribution in [-0.2, 0) is 9.53 Å². The molecule has 0 spiro atoms. The van der Waals surface area contributed by atoms with E-state index in [9.17, 15) is 14.9 Å². The highest BCUT2D eigenvalue weighted by atomic mass is 32.1. The number of nitro groups is 1. The van der Waals surface area contributed by atoms with E-state index in [4.69, 9.17) is 17.0 Å². The van der Waals surface area contributed by atoms with Gasteiger partial charge in [0.1, 0.15) is 5.69 Å². The number of nitro benzene ring substituents is 1. The number of morpholine rings is 1. The van der Waals surface area contributed by atoms with Gasteiger partial charge in [-0.2, -0.15) is 0 Å². The maximum absolute atomic E-state index is 12.4. The van der Waals surface area contributed by atoms with Gasteiger partial charge in [-0.05, 0) is 47.5 Å². The number of nitrogens with zero attached hydrogens (tertiary/aromatic N) is 4. The predicted molar refractivity (Wildman–Crippen MR) is 150 cm³/mol. The van der Waals surface area contributed by atoms with E-state index >= 15 is 0 Å². The first-order chi connectivity index (χ1) is 17.8. The van der Waals surface area contributed by atoms with Crippen LogP contribution in [0.5, 0.6) is 0 Å². The monoisotopic (exact) mass is 523 g/mol. The molecule has 0 radical (unpaired) electrons. The molecule has 37 heavy (non-hydrogen) atoms. The van der Waals surface area contributed by atoms with E-state index in [1.165, 1.54) is 11.6 Å². The third-order valence-electron chi connectivity index (χ3n) is 6.70. The first kappa shape index (κ1) is 26.6. The van der Waals surface area contributed by atoms with E-state index in [0.29, 0.717) is 69.2 Å². The minimum Gasteiger partial charge on any atom is -0.378 e. The zero-order valence-electron chi connectivity index (χ0n) is 21.3. The predicted octanol–water partition coefficient (Wildman–Crippen LogP) is 3.79. The smallest absolute Gasteiger partial charge is 0.292 e. The summed E-state index contributed by atoms with van der Waals surface area (Å²) in [6.07, 6.45) is 3.28. The van der Waals surface area contributed by atoms with Gasteiger partial charge in [0.15, 0.2) is 5.11 Å². The van der Waals surface area contributed by atoms with E-state index in [0.717, 1.165) is 11.3 Å². The molecule has 2 aliphatic heterocycles. The lowest BCUT2D eigenvalue weighted by atomic mass is 10.0. The van der Waals surface area contributed by atoms with Crippen molar-refractivity contribution in [1.82, 2.24) is 10.2 Å². The Hall–Kier alpha value is -3.50. The van der Waals surface area contributed by atoms with Crippen molar-refractivity contribution in [2.75, 3.05) is 62.3 Å². The number of nitrogens with one attached hydrogen (secondary N) is 1. The van der Waals surface area contributed by atoms with Crippen LogP contribution in [0.25, 0.3) is 6.08 Å². The summed E-state index contributed by atoms with van der Waals surface area (Å²) in [6.45, 7) is 9.33. The van der Waals surface area contributed by atoms with Crippen LogP contribution < -0.4 is 15.1 Å². The summed E-state index contributed by atoms with van der Waals surface area (Å²) in [5.41, 5.74) is 3.89. The molecule has 0 atom stereocenters. The van der Waals surface area contributed by atoms with Gasteiger partial charge in [-0.25, -0.2) is 0 Å². The summed E-state index contributed by atoms with van der Waals surface area (Å²) >= 11 is 5.48. The molecule has 2 aliphatic rings. The molecule has 2 heterocycles. The van der Waals surface area contributed by atoms with Crippen LogP contribution in [-0.4, -0.2) is 73.3 Å². The van der Waals surface area contributed by atoms with Gasteiger partial charge in [-0.15, -0.1) is 0 Å². The van der Waals surface area contributed by atoms with Crippen LogP contribution in [0.1, 0.15) is 30.9 Å². The molecular weight excluding hydrogens is 490 g/mol. The summed E-state index contributed by atoms with van der Waals surface area (Å²) in [6, 6.07) is 13.4. The quantitative estimate of drug-likeness (QED) is 0.265. The Kier molecular flexibility index (Phi) is 8.73. The molecule has 0 saturated carbocycles. The van der Waals surface area contributed by atoms with E-state index in [1.54, 1.807) is 18.2 Å². The zero-order valence-corrected chi connectivity index (χ0v) is 22.1. The van der Waals surface area contributed by atoms with Crippen LogP contribution in [0.15, 0.2) is 48.5 Å². The number of amides is 1. The van der Waals surface area contributed by atoms with Gasteiger partial charge >= 0.3 is 0 Å². The number of thiocarbonyl (C=S) groups is 1. The number of carbonyl (C=O) groups is 1. The van der Waals surface area contributed by atoms with Gasteiger partial charge < -0.3 is 19.4 Å². The van der Waals surface area contributed by atoms with Gasteiger partial charge in [-0.3, -0.25) is 20.2 Å². The average molecular weight is 524 g/mol. The van der Waals surface area contributed by atoms with Crippen LogP contribution in [0.3, 0.4) is 0 Å². The first-order valence-electron chi connectivity index (χ1n) is 12.6. The van der Waals surface area contributed by atoms with Crippen molar-refractivity contribution >= 4 is 46.4 Å². The molecule has 1 amide bonds. The fourth-order valence-electron chi connectivity index (χ4n) is 4.48. The molecule has 2 aromatic rings. The Bertz CT molecular complexity index is 1150. The Morgan fingerprint density at radius 1 is 1.03 bits per heavy atom. The fraction of sp³-hybridized carbons (Fsp3) is 0.407. The van der Waals surface area contributed by atoms with Crippen LogP contribution in [0.2, 0.25) is 0 Å². The molecule has 2 fully saturated rings. The van der Waals surface area contributed by atoms with E-state index in [2.05, 4.69) is 36.2 Å². The van der Waals surface area contributed by atoms with E-state index in [1.807, 2.05) is 28.0 Å². The van der Waals surface area contributed by atoms with E-state index in [-0.39, 0.29) is 16.5 Å². The normalized spacial score (nSPS) is 16.4. The molecule has 0 bridgehead atoms. The SMILES string of the molecule is CC(C)c1ccc(/C=C/C(=O)NC(=S)N2CCN(c3ccc([N+](=O)[O-])c(N4CCOCC4)c3)CC2)cc1. The van der Waals surface area contributed by atoms with Gasteiger partial charge in [-0.1, -0.05) is 38.1 Å². The van der Waals surface area contributed by atoms with Gasteiger partial charge in [0.25, 0.3) is 5.69 Å². The largest absolute Gasteiger partial charge is 0.378 e. The first-order valence-corrected chi connectivity index (χ1v) is 13.0. The standard InChI is InChI=1S/C27H33N5O4S/c1-20(2)22-6-3-21(4-7-22)5-10-26(33)28-27(37)31-13-11-29(12-14-31)23-8-9-24(32(34)35)25(19-23)30-15-17-36-18-16-30/h3-10,19-20H,11-18H2,1-2H3,(H,28,33,37)/b10-5+. The second kappa shape index (κ2) is 12.2. The molecule has 0 aromatic heterocycles. The van der Waals surface area contributed by atoms with Crippen molar-refractivity contribution in [3.63, 3.8) is 0 Å². The van der Waals surface area contributed by atoms with Gasteiger partial charge in [0, 0.05) is 57.1 Å². The fourth-order valence-corrected chi connectivity index (χ4v) is 4.76. The highest BCUT2D eigenvalue weighted by molar-refractivity contribution is 7.80. The van der Waals surface area contributed by atoms with Crippen molar-refractivity contribution in [3.05, 3.63) is 69.8 Å². The number of anilines is 2. The topological polar surface area (TPSA) is 91.2 Å². The van der Waals surface area contributed by atoms with Crippen molar-refractivity contribution in [1.29, 1.82) is 0 Å². The zero-order chi connectivity index (χ0) is 26.4. The molecule has 0 unspecified atom stereocenters. The molecule has 2 saturated heterocycles. The number of benzene rings is 2. The molecule has 0 aliphatic carbocycles. The number of piperazine rings is 1. The Morgan fingerprint density at radius 3 is 2.32 bits per heavy atom. The highest BCUT2D eigenvalue weighted by Crippen LogP contribution is 2.33. The summed E-state index contributed by atoms with van der Waals surface area (Å²) in [5, 5.41) is 14.8. The molecule has 10 heteroatoms. The molecule has 196 valence electrons. The molecular formula is C27H33N5O4S. The third kappa shape index (κ3) is 6.84. The van der Waals surface area contributed by atoms with Crippen LogP contribution in [0.4, 0.5) is 17.1 Å². The number of rotatable bonds is 6. The molecule has 9 nitrogen and oxygen atoms in total. The second-order valence-electron chi connectivity index (χ2n) is 9.45. The van der Waals surface area contributed by atoms with Crippen LogP contribution >= 0.6 is 12.2 Å². The lowest BCUT2D eigenvalue weighted by molar-refractivity contribution is -0.384. The molecule has 4 rings (SSSR count). The Morgan fingerprint density at radius 2 is 1.70 bits per heavy atom. The lowest BCUT2D eigenvalue weighted by Gasteiger charge is -2.37. The van der Waals surface area contributed by atoms with Gasteiger partial charge in [0.2, 0.25) is 5.91 Å². The minimum atomic E-state index is -0.331. The van der Waals surface area contributed by atoms with Crippen molar-refractivity contribution in [3.8, 4) is 0 Å². The third-order valence-corrected chi connectivity index (χ3v) is 7.06. The van der Waals surface area contributed by atoms with E-state index < -0.39 is 0 Å². The second-order valence-corrected chi connectivity index (χ2v) is 9.84. The van der Waals surface area contributed by atoms with Crippen molar-refractivity contribution < 1.29 is 14.5 Å². The number of ether oxygens (including phenoxy) is 1. The van der Waals surface area contributed by atoms with Crippen molar-refractivity contribution in [2.45, 2.75) is 19.8 Å². The van der Waals surface area contributed by atoms with Gasteiger partial charge in [0.05, 0.1) is 18.1 Å². The summed E-state index contributed by atoms with van der Waals surface area (Å²) < 4.78 is 5.41. The lowest BCUT2D eigenvalue weighted by Crippen LogP contribution is -2.52. The molecule has 1 N–H and O–H groups in total. The number of hydrogen-bond donors (Lipinski definition) is 1. The Labute approximate surface area is 222 Å².